The molecule has 9 heteroatoms. The molecule has 1 aliphatic heterocycles. The molecule has 4 amide bonds. The maximum absolute atomic E-state index is 12.9. The zero-order chi connectivity index (χ0) is 25.1. The van der Waals surface area contributed by atoms with Crippen molar-refractivity contribution in [3.8, 4) is 0 Å². The Bertz CT molecular complexity index is 1200. The molecule has 1 aliphatic carbocycles. The number of ether oxygens (including phenoxy) is 1. The zero-order valence-corrected chi connectivity index (χ0v) is 19.3. The molecular weight excluding hydrogens is 450 g/mol. The highest BCUT2D eigenvalue weighted by atomic mass is 16.5. The Balaban J connectivity index is 1.32. The van der Waals surface area contributed by atoms with Gasteiger partial charge in [0.1, 0.15) is 0 Å². The minimum Gasteiger partial charge on any atom is -0.452 e. The number of imide groups is 1. The number of fused-ring (bicyclic) bond motifs is 1. The number of benzene rings is 2. The van der Waals surface area contributed by atoms with Crippen molar-refractivity contribution in [1.29, 1.82) is 0 Å². The highest BCUT2D eigenvalue weighted by Gasteiger charge is 2.50. The van der Waals surface area contributed by atoms with Crippen LogP contribution in [0.1, 0.15) is 30.6 Å². The van der Waals surface area contributed by atoms with E-state index in [1.54, 1.807) is 24.3 Å². The summed E-state index contributed by atoms with van der Waals surface area (Å²) in [4.78, 5) is 62.4. The standard InChI is InChI=1S/C26H25N3O6/c1-15-4-3-5-21-23(15)25(33)29(24(21)32)20-12-6-17(7-13-20)26(34)35-14-22(31)28-19-10-8-18(9-11-19)27-16(2)30/h3-4,6-13,15,21,23H,5,14H2,1-2H3,(H,27,30)(H,28,31)/t15-,21-,23+/m1/s1. The first-order valence-corrected chi connectivity index (χ1v) is 11.2. The molecule has 3 atom stereocenters. The van der Waals surface area contributed by atoms with Crippen LogP contribution in [0.2, 0.25) is 0 Å². The molecule has 2 aromatic rings. The Morgan fingerprint density at radius 2 is 1.57 bits per heavy atom. The van der Waals surface area contributed by atoms with Crippen molar-refractivity contribution in [3.05, 3.63) is 66.2 Å². The average Bonchev–Trinajstić information content (AvgIpc) is 3.09. The van der Waals surface area contributed by atoms with Crippen LogP contribution in [0, 0.1) is 17.8 Å². The van der Waals surface area contributed by atoms with Crippen molar-refractivity contribution in [1.82, 2.24) is 0 Å². The lowest BCUT2D eigenvalue weighted by Gasteiger charge is -2.22. The second-order valence-electron chi connectivity index (χ2n) is 8.60. The summed E-state index contributed by atoms with van der Waals surface area (Å²) >= 11 is 0. The van der Waals surface area contributed by atoms with Gasteiger partial charge in [0.05, 0.1) is 23.1 Å². The SMILES string of the molecule is CC(=O)Nc1ccc(NC(=O)COC(=O)c2ccc(N3C(=O)[C@H]4[C@H](C)C=CC[C@H]4C3=O)cc2)cc1. The Labute approximate surface area is 202 Å². The van der Waals surface area contributed by atoms with Crippen LogP contribution in [-0.2, 0) is 23.9 Å². The summed E-state index contributed by atoms with van der Waals surface area (Å²) < 4.78 is 5.07. The average molecular weight is 476 g/mol. The predicted octanol–water partition coefficient (Wildman–Crippen LogP) is 3.14. The number of nitrogens with zero attached hydrogens (tertiary/aromatic N) is 1. The first-order chi connectivity index (χ1) is 16.7. The van der Waals surface area contributed by atoms with E-state index in [-0.39, 0.29) is 41.0 Å². The molecule has 4 rings (SSSR count). The molecule has 1 saturated heterocycles. The number of nitrogens with one attached hydrogen (secondary N) is 2. The fraction of sp³-hybridized carbons (Fsp3) is 0.269. The van der Waals surface area contributed by atoms with Gasteiger partial charge in [0.25, 0.3) is 5.91 Å². The van der Waals surface area contributed by atoms with Gasteiger partial charge in [-0.05, 0) is 60.9 Å². The van der Waals surface area contributed by atoms with Gasteiger partial charge in [0.15, 0.2) is 6.61 Å². The summed E-state index contributed by atoms with van der Waals surface area (Å²) in [6.45, 7) is 2.83. The molecule has 180 valence electrons. The summed E-state index contributed by atoms with van der Waals surface area (Å²) in [6, 6.07) is 12.5. The van der Waals surface area contributed by atoms with Gasteiger partial charge in [-0.1, -0.05) is 19.1 Å². The fourth-order valence-corrected chi connectivity index (χ4v) is 4.40. The van der Waals surface area contributed by atoms with Gasteiger partial charge in [-0.25, -0.2) is 4.79 Å². The quantitative estimate of drug-likeness (QED) is 0.376. The smallest absolute Gasteiger partial charge is 0.338 e. The lowest BCUT2D eigenvalue weighted by Crippen LogP contribution is -2.31. The lowest BCUT2D eigenvalue weighted by molar-refractivity contribution is -0.123. The molecule has 1 fully saturated rings. The number of amides is 4. The summed E-state index contributed by atoms with van der Waals surface area (Å²) in [6.07, 6.45) is 4.45. The van der Waals surface area contributed by atoms with E-state index in [1.807, 2.05) is 19.1 Å². The van der Waals surface area contributed by atoms with Crippen molar-refractivity contribution in [3.63, 3.8) is 0 Å². The minimum atomic E-state index is -0.710. The van der Waals surface area contributed by atoms with Gasteiger partial charge in [-0.15, -0.1) is 0 Å². The summed E-state index contributed by atoms with van der Waals surface area (Å²) in [5.74, 6) is -2.62. The summed E-state index contributed by atoms with van der Waals surface area (Å²) in [5, 5.41) is 5.22. The monoisotopic (exact) mass is 475 g/mol. The number of rotatable bonds is 6. The third-order valence-corrected chi connectivity index (χ3v) is 6.06. The molecule has 0 spiro atoms. The normalized spacial score (nSPS) is 20.9. The van der Waals surface area contributed by atoms with E-state index >= 15 is 0 Å². The number of esters is 1. The Kier molecular flexibility index (Phi) is 6.77. The third-order valence-electron chi connectivity index (χ3n) is 6.06. The molecule has 2 aromatic carbocycles. The van der Waals surface area contributed by atoms with Gasteiger partial charge < -0.3 is 15.4 Å². The van der Waals surface area contributed by atoms with Gasteiger partial charge in [0.2, 0.25) is 17.7 Å². The van der Waals surface area contributed by atoms with Gasteiger partial charge in [0, 0.05) is 18.3 Å². The van der Waals surface area contributed by atoms with Crippen molar-refractivity contribution >= 4 is 46.7 Å². The van der Waals surface area contributed by atoms with E-state index < -0.39 is 18.5 Å². The summed E-state index contributed by atoms with van der Waals surface area (Å²) in [5.41, 5.74) is 1.66. The third kappa shape index (κ3) is 5.13. The molecule has 0 radical (unpaired) electrons. The van der Waals surface area contributed by atoms with Crippen LogP contribution >= 0.6 is 0 Å². The summed E-state index contributed by atoms with van der Waals surface area (Å²) in [7, 11) is 0. The van der Waals surface area contributed by atoms with E-state index in [4.69, 9.17) is 4.74 Å². The second-order valence-corrected chi connectivity index (χ2v) is 8.60. The van der Waals surface area contributed by atoms with Crippen molar-refractivity contribution < 1.29 is 28.7 Å². The van der Waals surface area contributed by atoms with E-state index in [2.05, 4.69) is 10.6 Å². The molecule has 1 heterocycles. The van der Waals surface area contributed by atoms with Crippen LogP contribution in [0.4, 0.5) is 17.1 Å². The maximum Gasteiger partial charge on any atom is 0.338 e. The largest absolute Gasteiger partial charge is 0.452 e. The van der Waals surface area contributed by atoms with Crippen LogP contribution in [-0.4, -0.2) is 36.2 Å². The number of carbonyl (C=O) groups is 5. The maximum atomic E-state index is 12.9. The van der Waals surface area contributed by atoms with Crippen LogP contribution in [0.15, 0.2) is 60.7 Å². The van der Waals surface area contributed by atoms with Crippen LogP contribution in [0.3, 0.4) is 0 Å². The molecule has 2 aliphatic rings. The predicted molar refractivity (Wildman–Crippen MR) is 128 cm³/mol. The topological polar surface area (TPSA) is 122 Å². The van der Waals surface area contributed by atoms with Crippen LogP contribution in [0.5, 0.6) is 0 Å². The van der Waals surface area contributed by atoms with Crippen molar-refractivity contribution in [2.75, 3.05) is 22.1 Å². The lowest BCUT2D eigenvalue weighted by atomic mass is 9.78. The van der Waals surface area contributed by atoms with Crippen LogP contribution in [0.25, 0.3) is 0 Å². The first-order valence-electron chi connectivity index (χ1n) is 11.2. The molecule has 2 N–H and O–H groups in total. The highest BCUT2D eigenvalue weighted by molar-refractivity contribution is 6.22. The Morgan fingerprint density at radius 3 is 2.17 bits per heavy atom. The van der Waals surface area contributed by atoms with Gasteiger partial charge in [-0.3, -0.25) is 24.1 Å². The van der Waals surface area contributed by atoms with Crippen molar-refractivity contribution in [2.45, 2.75) is 20.3 Å². The Hall–Kier alpha value is -4.27. The number of allylic oxidation sites excluding steroid dienone is 2. The Morgan fingerprint density at radius 1 is 0.943 bits per heavy atom. The second kappa shape index (κ2) is 9.92. The minimum absolute atomic E-state index is 0.00857. The van der Waals surface area contributed by atoms with E-state index in [0.717, 1.165) is 0 Å². The molecular formula is C26H25N3O6. The van der Waals surface area contributed by atoms with E-state index in [1.165, 1.54) is 36.1 Å². The number of hydrogen-bond acceptors (Lipinski definition) is 6. The molecule has 35 heavy (non-hydrogen) atoms. The number of carbonyl (C=O) groups excluding carboxylic acids is 5. The zero-order valence-electron chi connectivity index (χ0n) is 19.3. The highest BCUT2D eigenvalue weighted by Crippen LogP contribution is 2.40. The first kappa shape index (κ1) is 23.9. The molecule has 0 unspecified atom stereocenters. The molecule has 9 nitrogen and oxygen atoms in total. The van der Waals surface area contributed by atoms with E-state index in [0.29, 0.717) is 23.5 Å². The van der Waals surface area contributed by atoms with Crippen molar-refractivity contribution in [2.24, 2.45) is 17.8 Å². The molecule has 0 bridgehead atoms. The fourth-order valence-electron chi connectivity index (χ4n) is 4.40. The molecule has 0 aromatic heterocycles. The molecule has 0 saturated carbocycles. The van der Waals surface area contributed by atoms with Gasteiger partial charge >= 0.3 is 5.97 Å². The van der Waals surface area contributed by atoms with E-state index in [9.17, 15) is 24.0 Å². The number of anilines is 3. The van der Waals surface area contributed by atoms with Gasteiger partial charge in [-0.2, -0.15) is 0 Å². The van der Waals surface area contributed by atoms with Crippen LogP contribution < -0.4 is 15.5 Å². The number of hydrogen-bond donors (Lipinski definition) is 2.